The second kappa shape index (κ2) is 8.74. The Bertz CT molecular complexity index is 292. The summed E-state index contributed by atoms with van der Waals surface area (Å²) in [6, 6.07) is -0.314. The lowest BCUT2D eigenvalue weighted by atomic mass is 10.0. The number of urea groups is 1. The van der Waals surface area contributed by atoms with Gasteiger partial charge in [-0.25, -0.2) is 4.79 Å². The van der Waals surface area contributed by atoms with E-state index in [2.05, 4.69) is 17.6 Å². The molecule has 0 heterocycles. The van der Waals surface area contributed by atoms with Crippen molar-refractivity contribution in [3.63, 3.8) is 0 Å². The first-order chi connectivity index (χ1) is 8.76. The molecule has 0 aromatic heterocycles. The van der Waals surface area contributed by atoms with Crippen LogP contribution in [0.25, 0.3) is 0 Å². The highest BCUT2D eigenvalue weighted by molar-refractivity contribution is 5.74. The van der Waals surface area contributed by atoms with Crippen molar-refractivity contribution in [1.29, 1.82) is 0 Å². The van der Waals surface area contributed by atoms with Crippen LogP contribution in [0.2, 0.25) is 0 Å². The monoisotopic (exact) mass is 274 g/mol. The van der Waals surface area contributed by atoms with E-state index in [4.69, 9.17) is 5.11 Å². The van der Waals surface area contributed by atoms with Crippen LogP contribution in [-0.4, -0.2) is 40.4 Å². The van der Waals surface area contributed by atoms with Gasteiger partial charge in [0.15, 0.2) is 0 Å². The van der Waals surface area contributed by atoms with Crippen LogP contribution in [0.1, 0.15) is 52.9 Å². The van der Waals surface area contributed by atoms with Gasteiger partial charge in [0, 0.05) is 12.6 Å². The second-order valence-electron chi connectivity index (χ2n) is 5.29. The third kappa shape index (κ3) is 10.3. The molecule has 0 spiro atoms. The number of carbonyl (C=O) groups excluding carboxylic acids is 1. The number of nitrogens with one attached hydrogen (secondary N) is 2. The minimum atomic E-state index is -1.44. The number of aliphatic carboxylic acids is 1. The number of carbonyl (C=O) groups is 2. The summed E-state index contributed by atoms with van der Waals surface area (Å²) in [4.78, 5) is 22.0. The molecule has 2 amide bonds. The lowest BCUT2D eigenvalue weighted by Gasteiger charge is -2.22. The first kappa shape index (κ1) is 17.7. The molecule has 112 valence electrons. The van der Waals surface area contributed by atoms with Gasteiger partial charge in [-0.15, -0.1) is 0 Å². The van der Waals surface area contributed by atoms with Gasteiger partial charge in [-0.05, 0) is 20.3 Å². The molecule has 6 nitrogen and oxygen atoms in total. The van der Waals surface area contributed by atoms with E-state index in [0.29, 0.717) is 0 Å². The molecular weight excluding hydrogens is 248 g/mol. The van der Waals surface area contributed by atoms with E-state index in [1.54, 1.807) is 0 Å². The van der Waals surface area contributed by atoms with E-state index in [-0.39, 0.29) is 18.6 Å². The van der Waals surface area contributed by atoms with Gasteiger partial charge >= 0.3 is 12.0 Å². The third-order valence-corrected chi connectivity index (χ3v) is 2.78. The Labute approximate surface area is 114 Å². The molecule has 19 heavy (non-hydrogen) atoms. The Kier molecular flexibility index (Phi) is 8.14. The molecule has 0 fully saturated rings. The quantitative estimate of drug-likeness (QED) is 0.479. The fourth-order valence-electron chi connectivity index (χ4n) is 1.71. The van der Waals surface area contributed by atoms with Gasteiger partial charge in [-0.3, -0.25) is 4.79 Å². The van der Waals surface area contributed by atoms with Gasteiger partial charge in [0.05, 0.1) is 12.0 Å². The van der Waals surface area contributed by atoms with E-state index >= 15 is 0 Å². The van der Waals surface area contributed by atoms with Crippen LogP contribution >= 0.6 is 0 Å². The molecule has 4 N–H and O–H groups in total. The number of aliphatic hydroxyl groups is 1. The summed E-state index contributed by atoms with van der Waals surface area (Å²) in [5, 5.41) is 23.6. The SMILES string of the molecule is CCCCCC(C)NC(=O)NCC(C)(O)CC(=O)O. The number of hydrogen-bond donors (Lipinski definition) is 4. The number of hydrogen-bond acceptors (Lipinski definition) is 3. The molecule has 0 aliphatic rings. The second-order valence-corrected chi connectivity index (χ2v) is 5.29. The van der Waals surface area contributed by atoms with Crippen molar-refractivity contribution in [3.8, 4) is 0 Å². The minimum Gasteiger partial charge on any atom is -0.481 e. The van der Waals surface area contributed by atoms with Crippen LogP contribution in [0.4, 0.5) is 4.79 Å². The fraction of sp³-hybridized carbons (Fsp3) is 0.846. The zero-order valence-corrected chi connectivity index (χ0v) is 12.0. The Morgan fingerprint density at radius 1 is 1.32 bits per heavy atom. The molecule has 0 radical (unpaired) electrons. The Balaban J connectivity index is 3.88. The van der Waals surface area contributed by atoms with E-state index in [9.17, 15) is 14.7 Å². The number of rotatable bonds is 9. The lowest BCUT2D eigenvalue weighted by Crippen LogP contribution is -2.47. The summed E-state index contributed by atoms with van der Waals surface area (Å²) in [5.74, 6) is -1.10. The molecule has 0 rings (SSSR count). The summed E-state index contributed by atoms with van der Waals surface area (Å²) in [5.41, 5.74) is -1.44. The maximum atomic E-state index is 11.5. The van der Waals surface area contributed by atoms with Crippen molar-refractivity contribution in [2.24, 2.45) is 0 Å². The molecule has 2 atom stereocenters. The zero-order valence-electron chi connectivity index (χ0n) is 12.0. The van der Waals surface area contributed by atoms with Crippen molar-refractivity contribution in [2.45, 2.75) is 64.5 Å². The predicted molar refractivity (Wildman–Crippen MR) is 73.0 cm³/mol. The van der Waals surface area contributed by atoms with Crippen molar-refractivity contribution in [3.05, 3.63) is 0 Å². The number of amides is 2. The van der Waals surface area contributed by atoms with Crippen molar-refractivity contribution >= 4 is 12.0 Å². The largest absolute Gasteiger partial charge is 0.481 e. The fourth-order valence-corrected chi connectivity index (χ4v) is 1.71. The highest BCUT2D eigenvalue weighted by Gasteiger charge is 2.24. The van der Waals surface area contributed by atoms with Crippen LogP contribution in [0.3, 0.4) is 0 Å². The van der Waals surface area contributed by atoms with E-state index in [0.717, 1.165) is 25.7 Å². The topological polar surface area (TPSA) is 98.7 Å². The van der Waals surface area contributed by atoms with Crippen LogP contribution in [0.15, 0.2) is 0 Å². The van der Waals surface area contributed by atoms with Gasteiger partial charge in [0.2, 0.25) is 0 Å². The summed E-state index contributed by atoms with van der Waals surface area (Å²) in [6.07, 6.45) is 3.85. The number of carboxylic acid groups (broad SMARTS) is 1. The normalized spacial score (nSPS) is 15.4. The molecule has 0 aliphatic carbocycles. The summed E-state index contributed by atoms with van der Waals surface area (Å²) < 4.78 is 0. The molecule has 0 saturated heterocycles. The Morgan fingerprint density at radius 3 is 2.47 bits per heavy atom. The zero-order chi connectivity index (χ0) is 14.9. The van der Waals surface area contributed by atoms with Gasteiger partial charge in [0.25, 0.3) is 0 Å². The summed E-state index contributed by atoms with van der Waals surface area (Å²) in [7, 11) is 0. The van der Waals surface area contributed by atoms with Gasteiger partial charge in [-0.1, -0.05) is 26.2 Å². The highest BCUT2D eigenvalue weighted by Crippen LogP contribution is 2.07. The van der Waals surface area contributed by atoms with Crippen LogP contribution in [0, 0.1) is 0 Å². The molecule has 0 aromatic carbocycles. The van der Waals surface area contributed by atoms with Crippen LogP contribution < -0.4 is 10.6 Å². The molecule has 0 bridgehead atoms. The summed E-state index contributed by atoms with van der Waals surface area (Å²) in [6.45, 7) is 5.33. The predicted octanol–water partition coefficient (Wildman–Crippen LogP) is 1.48. The molecule has 0 aromatic rings. The van der Waals surface area contributed by atoms with Crippen LogP contribution in [0.5, 0.6) is 0 Å². The maximum Gasteiger partial charge on any atom is 0.315 e. The molecule has 2 unspecified atom stereocenters. The highest BCUT2D eigenvalue weighted by atomic mass is 16.4. The van der Waals surface area contributed by atoms with E-state index in [1.165, 1.54) is 6.92 Å². The first-order valence-electron chi connectivity index (χ1n) is 6.75. The van der Waals surface area contributed by atoms with E-state index in [1.807, 2.05) is 6.92 Å². The lowest BCUT2D eigenvalue weighted by molar-refractivity contribution is -0.141. The number of carboxylic acids is 1. The smallest absolute Gasteiger partial charge is 0.315 e. The average Bonchev–Trinajstić information content (AvgIpc) is 2.25. The van der Waals surface area contributed by atoms with Crippen molar-refractivity contribution in [2.75, 3.05) is 6.54 Å². The van der Waals surface area contributed by atoms with Crippen molar-refractivity contribution < 1.29 is 19.8 Å². The average molecular weight is 274 g/mol. The maximum absolute atomic E-state index is 11.5. The van der Waals surface area contributed by atoms with Crippen molar-refractivity contribution in [1.82, 2.24) is 10.6 Å². The van der Waals surface area contributed by atoms with Gasteiger partial charge in [-0.2, -0.15) is 0 Å². The number of unbranched alkanes of at least 4 members (excludes halogenated alkanes) is 2. The Morgan fingerprint density at radius 2 is 1.95 bits per heavy atom. The van der Waals surface area contributed by atoms with E-state index < -0.39 is 18.0 Å². The first-order valence-corrected chi connectivity index (χ1v) is 6.75. The van der Waals surface area contributed by atoms with Gasteiger partial charge < -0.3 is 20.8 Å². The molecule has 6 heteroatoms. The molecule has 0 saturated carbocycles. The minimum absolute atomic E-state index is 0.0657. The third-order valence-electron chi connectivity index (χ3n) is 2.78. The Hall–Kier alpha value is -1.30. The molecular formula is C13H26N2O4. The van der Waals surface area contributed by atoms with Crippen LogP contribution in [-0.2, 0) is 4.79 Å². The molecule has 0 aliphatic heterocycles. The summed E-state index contributed by atoms with van der Waals surface area (Å²) >= 11 is 0. The van der Waals surface area contributed by atoms with Gasteiger partial charge in [0.1, 0.15) is 0 Å². The standard InChI is InChI=1S/C13H26N2O4/c1-4-5-6-7-10(2)15-12(18)14-9-13(3,19)8-11(16)17/h10,19H,4-9H2,1-3H3,(H,16,17)(H2,14,15,18).